The summed E-state index contributed by atoms with van der Waals surface area (Å²) in [6.45, 7) is 10.9. The minimum atomic E-state index is -3.55. The van der Waals surface area contributed by atoms with Gasteiger partial charge in [-0.15, -0.1) is 13.2 Å². The number of ether oxygens (including phenoxy) is 6. The van der Waals surface area contributed by atoms with Crippen molar-refractivity contribution in [2.24, 2.45) is 0 Å². The summed E-state index contributed by atoms with van der Waals surface area (Å²) in [7, 11) is -3.34. The van der Waals surface area contributed by atoms with Crippen LogP contribution in [0.15, 0.2) is 49.6 Å². The minimum absolute atomic E-state index is 0.00781. The first kappa shape index (κ1) is 45.1. The average Bonchev–Trinajstić information content (AvgIpc) is 3.06. The Morgan fingerprint density at radius 3 is 1.77 bits per heavy atom. The van der Waals surface area contributed by atoms with Gasteiger partial charge in [0.25, 0.3) is 20.2 Å². The van der Waals surface area contributed by atoms with Gasteiger partial charge in [0.2, 0.25) is 0 Å². The van der Waals surface area contributed by atoms with Gasteiger partial charge >= 0.3 is 0 Å². The molecular formula is C33H58O12S2. The lowest BCUT2D eigenvalue weighted by Crippen LogP contribution is -2.29. The van der Waals surface area contributed by atoms with Crippen molar-refractivity contribution in [2.75, 3.05) is 79.1 Å². The molecule has 12 nitrogen and oxygen atoms in total. The van der Waals surface area contributed by atoms with Crippen LogP contribution in [0.3, 0.4) is 0 Å². The summed E-state index contributed by atoms with van der Waals surface area (Å²) in [5.74, 6) is 0.324. The third-order valence-corrected chi connectivity index (χ3v) is 8.90. The number of methoxy groups -OCH3 is 1. The highest BCUT2D eigenvalue weighted by Gasteiger charge is 2.15. The lowest BCUT2D eigenvalue weighted by molar-refractivity contribution is -0.151. The molecule has 14 heteroatoms. The van der Waals surface area contributed by atoms with Gasteiger partial charge in [0.05, 0.1) is 65.4 Å². The number of unbranched alkanes of at least 4 members (excludes halogenated alkanes) is 6. The minimum Gasteiger partial charge on any atom is -0.491 e. The van der Waals surface area contributed by atoms with Gasteiger partial charge in [0, 0.05) is 7.11 Å². The van der Waals surface area contributed by atoms with E-state index >= 15 is 0 Å². The van der Waals surface area contributed by atoms with E-state index in [4.69, 9.17) is 28.4 Å². The Kier molecular flexibility index (Phi) is 27.9. The van der Waals surface area contributed by atoms with Gasteiger partial charge in [-0.25, -0.2) is 0 Å². The van der Waals surface area contributed by atoms with E-state index in [1.165, 1.54) is 57.6 Å². The molecule has 0 saturated carbocycles. The van der Waals surface area contributed by atoms with Crippen LogP contribution in [0.1, 0.15) is 57.4 Å². The van der Waals surface area contributed by atoms with Crippen LogP contribution in [0.5, 0.6) is 5.75 Å². The Labute approximate surface area is 283 Å². The number of aryl methyl sites for hydroxylation is 1. The maximum atomic E-state index is 11.4. The van der Waals surface area contributed by atoms with Crippen LogP contribution in [0.4, 0.5) is 0 Å². The fraction of sp³-hybridized carbons (Fsp3) is 0.697. The SMILES string of the molecule is C=CCOCC(COc1ccc(CCCCCCCCC)cc1)OCCS(=O)(=O)OC.C=CCOCC(OC)OCCS(=O)(=O)OC. The van der Waals surface area contributed by atoms with E-state index in [2.05, 4.69) is 40.6 Å². The van der Waals surface area contributed by atoms with Gasteiger partial charge in [-0.1, -0.05) is 69.7 Å². The molecule has 0 radical (unpaired) electrons. The summed E-state index contributed by atoms with van der Waals surface area (Å²) in [5.41, 5.74) is 1.31. The molecule has 0 fully saturated rings. The molecule has 1 rings (SSSR count). The lowest BCUT2D eigenvalue weighted by atomic mass is 10.0. The monoisotopic (exact) mass is 710 g/mol. The highest BCUT2D eigenvalue weighted by molar-refractivity contribution is 7.86. The maximum absolute atomic E-state index is 11.4. The van der Waals surface area contributed by atoms with Crippen LogP contribution in [0.25, 0.3) is 0 Å². The smallest absolute Gasteiger partial charge is 0.269 e. The van der Waals surface area contributed by atoms with Gasteiger partial charge in [-0.05, 0) is 30.5 Å². The molecule has 274 valence electrons. The van der Waals surface area contributed by atoms with E-state index in [1.807, 2.05) is 12.1 Å². The van der Waals surface area contributed by atoms with E-state index in [0.717, 1.165) is 26.4 Å². The first-order chi connectivity index (χ1) is 22.6. The second-order valence-corrected chi connectivity index (χ2v) is 14.1. The molecule has 1 aromatic carbocycles. The Balaban J connectivity index is 0.00000111. The van der Waals surface area contributed by atoms with Crippen molar-refractivity contribution < 1.29 is 53.6 Å². The van der Waals surface area contributed by atoms with E-state index < -0.39 is 26.5 Å². The van der Waals surface area contributed by atoms with Crippen LogP contribution in [-0.4, -0.2) is 108 Å². The fourth-order valence-corrected chi connectivity index (χ4v) is 4.79. The van der Waals surface area contributed by atoms with Crippen molar-refractivity contribution in [1.82, 2.24) is 0 Å². The average molecular weight is 711 g/mol. The number of rotatable bonds is 30. The lowest BCUT2D eigenvalue weighted by Gasteiger charge is -2.18. The van der Waals surface area contributed by atoms with Gasteiger partial charge in [-0.3, -0.25) is 8.37 Å². The van der Waals surface area contributed by atoms with Crippen molar-refractivity contribution in [2.45, 2.75) is 70.7 Å². The second kappa shape index (κ2) is 29.1. The number of benzene rings is 1. The van der Waals surface area contributed by atoms with Crippen LogP contribution >= 0.6 is 0 Å². The third kappa shape index (κ3) is 26.7. The molecule has 0 aromatic heterocycles. The van der Waals surface area contributed by atoms with Crippen molar-refractivity contribution in [3.05, 3.63) is 55.1 Å². The third-order valence-electron chi connectivity index (χ3n) is 6.55. The van der Waals surface area contributed by atoms with E-state index in [1.54, 1.807) is 12.2 Å². The standard InChI is InChI=1S/C24H40O6S.C9H18O6S/c1-4-6-7-8-9-10-11-12-22-13-15-23(16-14-22)30-21-24(20-28-17-5-2)29-18-19-31(25,26)27-3;1-4-5-14-8-9(12-2)15-6-7-16(10,11)13-3/h5,13-16,24H,2,4,6-12,17-21H2,1,3H3;4,9H,1,5-8H2,2-3H3. The molecule has 0 N–H and O–H groups in total. The van der Waals surface area contributed by atoms with E-state index in [0.29, 0.717) is 13.2 Å². The molecule has 0 aliphatic carbocycles. The Morgan fingerprint density at radius 1 is 0.702 bits per heavy atom. The molecule has 0 spiro atoms. The zero-order chi connectivity index (χ0) is 35.2. The zero-order valence-electron chi connectivity index (χ0n) is 28.8. The van der Waals surface area contributed by atoms with Crippen LogP contribution in [-0.2, 0) is 58.7 Å². The van der Waals surface area contributed by atoms with Gasteiger partial charge in [0.15, 0.2) is 6.29 Å². The highest BCUT2D eigenvalue weighted by atomic mass is 32.2. The summed E-state index contributed by atoms with van der Waals surface area (Å²) in [5, 5.41) is 0. The molecule has 2 atom stereocenters. The summed E-state index contributed by atoms with van der Waals surface area (Å²) in [6.07, 6.45) is 12.5. The molecule has 0 bridgehead atoms. The van der Waals surface area contributed by atoms with Gasteiger partial charge < -0.3 is 28.4 Å². The Morgan fingerprint density at radius 2 is 1.23 bits per heavy atom. The normalized spacial score (nSPS) is 12.9. The molecular weight excluding hydrogens is 652 g/mol. The first-order valence-corrected chi connectivity index (χ1v) is 19.1. The summed E-state index contributed by atoms with van der Waals surface area (Å²) in [4.78, 5) is 0. The molecule has 47 heavy (non-hydrogen) atoms. The van der Waals surface area contributed by atoms with Crippen LogP contribution in [0.2, 0.25) is 0 Å². The number of hydrogen-bond donors (Lipinski definition) is 0. The summed E-state index contributed by atoms with van der Waals surface area (Å²) in [6, 6.07) is 8.13. The van der Waals surface area contributed by atoms with Gasteiger partial charge in [-0.2, -0.15) is 16.8 Å². The van der Waals surface area contributed by atoms with Gasteiger partial charge in [0.1, 0.15) is 18.5 Å². The fourth-order valence-electron chi connectivity index (χ4n) is 3.85. The van der Waals surface area contributed by atoms with Crippen LogP contribution < -0.4 is 4.74 Å². The largest absolute Gasteiger partial charge is 0.491 e. The second-order valence-electron chi connectivity index (χ2n) is 10.4. The van der Waals surface area contributed by atoms with Crippen molar-refractivity contribution in [3.8, 4) is 5.75 Å². The Hall–Kier alpha value is -1.88. The molecule has 2 unspecified atom stereocenters. The maximum Gasteiger partial charge on any atom is 0.269 e. The zero-order valence-corrected chi connectivity index (χ0v) is 30.4. The topological polar surface area (TPSA) is 142 Å². The first-order valence-electron chi connectivity index (χ1n) is 16.0. The summed E-state index contributed by atoms with van der Waals surface area (Å²) >= 11 is 0. The van der Waals surface area contributed by atoms with Crippen LogP contribution in [0, 0.1) is 0 Å². The van der Waals surface area contributed by atoms with Crippen molar-refractivity contribution in [1.29, 1.82) is 0 Å². The summed E-state index contributed by atoms with van der Waals surface area (Å²) < 4.78 is 85.5. The van der Waals surface area contributed by atoms with E-state index in [-0.39, 0.29) is 50.6 Å². The highest BCUT2D eigenvalue weighted by Crippen LogP contribution is 2.16. The molecule has 0 heterocycles. The molecule has 0 amide bonds. The predicted molar refractivity (Wildman–Crippen MR) is 184 cm³/mol. The molecule has 1 aromatic rings. The van der Waals surface area contributed by atoms with E-state index in [9.17, 15) is 16.8 Å². The molecule has 0 saturated heterocycles. The Bertz CT molecular complexity index is 1110. The quantitative estimate of drug-likeness (QED) is 0.0455. The predicted octanol–water partition coefficient (Wildman–Crippen LogP) is 5.08. The molecule has 0 aliphatic heterocycles. The van der Waals surface area contributed by atoms with Crippen molar-refractivity contribution in [3.63, 3.8) is 0 Å². The number of hydrogen-bond acceptors (Lipinski definition) is 12. The molecule has 0 aliphatic rings. The van der Waals surface area contributed by atoms with Crippen molar-refractivity contribution >= 4 is 20.2 Å².